The van der Waals surface area contributed by atoms with Crippen molar-refractivity contribution in [1.29, 1.82) is 0 Å². The van der Waals surface area contributed by atoms with Crippen molar-refractivity contribution in [2.45, 2.75) is 52.5 Å². The molecule has 7 nitrogen and oxygen atoms in total. The second-order valence-corrected chi connectivity index (χ2v) is 7.31. The standard InChI is InChI=1S/C22H31N3O4/c1-4-15-9-7-8-12-25(15)14-19(26)24-20-17-13-16(28-5-2)10-11-18(17)23-21(20)22(27)29-6-3/h10-11,13,15,23H,4-9,12,14H2,1-3H3,(H,24,26)/t15-/m1/s1. The average Bonchev–Trinajstić information content (AvgIpc) is 3.06. The summed E-state index contributed by atoms with van der Waals surface area (Å²) >= 11 is 0. The summed E-state index contributed by atoms with van der Waals surface area (Å²) in [6.07, 6.45) is 4.49. The Labute approximate surface area is 171 Å². The van der Waals surface area contributed by atoms with E-state index in [1.807, 2.05) is 25.1 Å². The van der Waals surface area contributed by atoms with Crippen molar-refractivity contribution in [2.24, 2.45) is 0 Å². The molecule has 0 spiro atoms. The summed E-state index contributed by atoms with van der Waals surface area (Å²) in [6, 6.07) is 5.95. The predicted octanol–water partition coefficient (Wildman–Crippen LogP) is 3.95. The zero-order valence-corrected chi connectivity index (χ0v) is 17.5. The minimum atomic E-state index is -0.485. The van der Waals surface area contributed by atoms with Crippen LogP contribution in [0.1, 0.15) is 56.9 Å². The smallest absolute Gasteiger partial charge is 0.356 e. The number of fused-ring (bicyclic) bond motifs is 1. The molecule has 29 heavy (non-hydrogen) atoms. The average molecular weight is 402 g/mol. The molecule has 1 aromatic carbocycles. The first kappa shape index (κ1) is 21.2. The highest BCUT2D eigenvalue weighted by molar-refractivity contribution is 6.11. The summed E-state index contributed by atoms with van der Waals surface area (Å²) < 4.78 is 10.8. The van der Waals surface area contributed by atoms with Crippen LogP contribution in [0.4, 0.5) is 5.69 Å². The maximum Gasteiger partial charge on any atom is 0.356 e. The molecule has 1 fully saturated rings. The maximum atomic E-state index is 12.9. The van der Waals surface area contributed by atoms with Gasteiger partial charge >= 0.3 is 5.97 Å². The first-order chi connectivity index (χ1) is 14.1. The number of piperidine rings is 1. The van der Waals surface area contributed by atoms with Gasteiger partial charge in [-0.15, -0.1) is 0 Å². The lowest BCUT2D eigenvalue weighted by atomic mass is 10.00. The van der Waals surface area contributed by atoms with Crippen molar-refractivity contribution in [3.05, 3.63) is 23.9 Å². The number of hydrogen-bond acceptors (Lipinski definition) is 5. The van der Waals surface area contributed by atoms with E-state index in [-0.39, 0.29) is 18.2 Å². The van der Waals surface area contributed by atoms with E-state index in [0.29, 0.717) is 30.6 Å². The van der Waals surface area contributed by atoms with Gasteiger partial charge in [-0.2, -0.15) is 0 Å². The number of amides is 1. The molecule has 1 saturated heterocycles. The molecular formula is C22H31N3O4. The molecule has 2 N–H and O–H groups in total. The van der Waals surface area contributed by atoms with Gasteiger partial charge in [0.05, 0.1) is 25.4 Å². The first-order valence-electron chi connectivity index (χ1n) is 10.6. The Hall–Kier alpha value is -2.54. The van der Waals surface area contributed by atoms with Gasteiger partial charge in [0.1, 0.15) is 11.4 Å². The minimum Gasteiger partial charge on any atom is -0.494 e. The molecule has 0 radical (unpaired) electrons. The van der Waals surface area contributed by atoms with Crippen LogP contribution in [-0.4, -0.2) is 54.1 Å². The lowest BCUT2D eigenvalue weighted by molar-refractivity contribution is -0.118. The monoisotopic (exact) mass is 401 g/mol. The fourth-order valence-corrected chi connectivity index (χ4v) is 4.01. The number of rotatable bonds is 8. The Kier molecular flexibility index (Phi) is 7.14. The number of ether oxygens (including phenoxy) is 2. The number of anilines is 1. The molecule has 1 atom stereocenters. The lowest BCUT2D eigenvalue weighted by Gasteiger charge is -2.34. The van der Waals surface area contributed by atoms with Crippen molar-refractivity contribution in [1.82, 2.24) is 9.88 Å². The van der Waals surface area contributed by atoms with E-state index in [9.17, 15) is 9.59 Å². The zero-order chi connectivity index (χ0) is 20.8. The molecule has 0 saturated carbocycles. The zero-order valence-electron chi connectivity index (χ0n) is 17.5. The molecular weight excluding hydrogens is 370 g/mol. The third-order valence-corrected chi connectivity index (χ3v) is 5.39. The molecule has 7 heteroatoms. The quantitative estimate of drug-likeness (QED) is 0.655. The largest absolute Gasteiger partial charge is 0.494 e. The SMILES string of the molecule is CCOC(=O)c1[nH]c2ccc(OCC)cc2c1NC(=O)CN1CCCC[C@H]1CC. The van der Waals surface area contributed by atoms with Gasteiger partial charge in [0.15, 0.2) is 0 Å². The molecule has 2 aromatic rings. The third-order valence-electron chi connectivity index (χ3n) is 5.39. The van der Waals surface area contributed by atoms with Gasteiger partial charge in [0.2, 0.25) is 5.91 Å². The lowest BCUT2D eigenvalue weighted by Crippen LogP contribution is -2.43. The number of aromatic amines is 1. The van der Waals surface area contributed by atoms with Crippen LogP contribution in [0.5, 0.6) is 5.75 Å². The van der Waals surface area contributed by atoms with Crippen LogP contribution in [0.3, 0.4) is 0 Å². The molecule has 1 amide bonds. The first-order valence-corrected chi connectivity index (χ1v) is 10.6. The van der Waals surface area contributed by atoms with Crippen LogP contribution in [0.25, 0.3) is 10.9 Å². The summed E-state index contributed by atoms with van der Waals surface area (Å²) in [5.41, 5.74) is 1.46. The van der Waals surface area contributed by atoms with Gasteiger partial charge in [0, 0.05) is 16.9 Å². The van der Waals surface area contributed by atoms with Gasteiger partial charge in [-0.05, 0) is 57.9 Å². The summed E-state index contributed by atoms with van der Waals surface area (Å²) in [5, 5.41) is 3.70. The molecule has 1 aliphatic rings. The van der Waals surface area contributed by atoms with Crippen molar-refractivity contribution in [3.8, 4) is 5.75 Å². The fraction of sp³-hybridized carbons (Fsp3) is 0.545. The highest BCUT2D eigenvalue weighted by Crippen LogP contribution is 2.32. The van der Waals surface area contributed by atoms with E-state index < -0.39 is 5.97 Å². The predicted molar refractivity (Wildman–Crippen MR) is 114 cm³/mol. The molecule has 3 rings (SSSR count). The van der Waals surface area contributed by atoms with Crippen molar-refractivity contribution < 1.29 is 19.1 Å². The topological polar surface area (TPSA) is 83.7 Å². The Balaban J connectivity index is 1.88. The van der Waals surface area contributed by atoms with Crippen LogP contribution in [-0.2, 0) is 9.53 Å². The van der Waals surface area contributed by atoms with Crippen LogP contribution in [0.15, 0.2) is 18.2 Å². The number of carbonyl (C=O) groups excluding carboxylic acids is 2. The number of nitrogens with one attached hydrogen (secondary N) is 2. The molecule has 0 unspecified atom stereocenters. The van der Waals surface area contributed by atoms with Crippen molar-refractivity contribution in [3.63, 3.8) is 0 Å². The number of aromatic nitrogens is 1. The molecule has 1 aliphatic heterocycles. The second kappa shape index (κ2) is 9.78. The number of benzene rings is 1. The Morgan fingerprint density at radius 1 is 1.21 bits per heavy atom. The Morgan fingerprint density at radius 2 is 2.03 bits per heavy atom. The Morgan fingerprint density at radius 3 is 2.76 bits per heavy atom. The summed E-state index contributed by atoms with van der Waals surface area (Å²) in [5.74, 6) is 0.0759. The van der Waals surface area contributed by atoms with Crippen LogP contribution in [0.2, 0.25) is 0 Å². The fourth-order valence-electron chi connectivity index (χ4n) is 4.01. The van der Waals surface area contributed by atoms with Gasteiger partial charge in [0.25, 0.3) is 0 Å². The number of H-pyrrole nitrogens is 1. The van der Waals surface area contributed by atoms with Gasteiger partial charge in [-0.25, -0.2) is 4.79 Å². The van der Waals surface area contributed by atoms with E-state index in [1.54, 1.807) is 6.92 Å². The summed E-state index contributed by atoms with van der Waals surface area (Å²) in [7, 11) is 0. The van der Waals surface area contributed by atoms with Gasteiger partial charge < -0.3 is 19.8 Å². The van der Waals surface area contributed by atoms with Crippen LogP contribution >= 0.6 is 0 Å². The highest BCUT2D eigenvalue weighted by atomic mass is 16.5. The molecule has 0 aliphatic carbocycles. The van der Waals surface area contributed by atoms with Crippen molar-refractivity contribution in [2.75, 3.05) is 31.6 Å². The van der Waals surface area contributed by atoms with E-state index in [1.165, 1.54) is 6.42 Å². The minimum absolute atomic E-state index is 0.126. The number of hydrogen-bond donors (Lipinski definition) is 2. The normalized spacial score (nSPS) is 17.3. The molecule has 158 valence electrons. The van der Waals surface area contributed by atoms with Gasteiger partial charge in [-0.3, -0.25) is 9.69 Å². The highest BCUT2D eigenvalue weighted by Gasteiger charge is 2.25. The van der Waals surface area contributed by atoms with E-state index in [4.69, 9.17) is 9.47 Å². The van der Waals surface area contributed by atoms with E-state index in [2.05, 4.69) is 22.1 Å². The number of esters is 1. The maximum absolute atomic E-state index is 12.9. The Bertz CT molecular complexity index is 861. The van der Waals surface area contributed by atoms with Crippen LogP contribution < -0.4 is 10.1 Å². The third kappa shape index (κ3) is 4.90. The molecule has 2 heterocycles. The number of nitrogens with zero attached hydrogens (tertiary/aromatic N) is 1. The number of carbonyl (C=O) groups is 2. The second-order valence-electron chi connectivity index (χ2n) is 7.31. The molecule has 1 aromatic heterocycles. The van der Waals surface area contributed by atoms with Crippen molar-refractivity contribution >= 4 is 28.5 Å². The number of likely N-dealkylation sites (tertiary alicyclic amines) is 1. The van der Waals surface area contributed by atoms with E-state index >= 15 is 0 Å². The van der Waals surface area contributed by atoms with Gasteiger partial charge in [-0.1, -0.05) is 13.3 Å². The van der Waals surface area contributed by atoms with Crippen LogP contribution in [0, 0.1) is 0 Å². The summed E-state index contributed by atoms with van der Waals surface area (Å²) in [6.45, 7) is 7.88. The molecule has 0 bridgehead atoms. The van der Waals surface area contributed by atoms with E-state index in [0.717, 1.165) is 36.7 Å². The summed E-state index contributed by atoms with van der Waals surface area (Å²) in [4.78, 5) is 30.7.